The van der Waals surface area contributed by atoms with E-state index in [2.05, 4.69) is 5.32 Å². The lowest BCUT2D eigenvalue weighted by atomic mass is 10.1. The van der Waals surface area contributed by atoms with Crippen LogP contribution in [0.3, 0.4) is 0 Å². The van der Waals surface area contributed by atoms with Crippen molar-refractivity contribution < 1.29 is 33.0 Å². The number of nitrogens with zero attached hydrogens (tertiary/aromatic N) is 1. The summed E-state index contributed by atoms with van der Waals surface area (Å²) >= 11 is 6.05. The molecule has 3 aromatic rings. The number of carbonyl (C=O) groups excluding carboxylic acids is 3. The molecular weight excluding hydrogens is 491 g/mol. The summed E-state index contributed by atoms with van der Waals surface area (Å²) in [5.41, 5.74) is 0.648. The molecule has 1 heterocycles. The predicted octanol–water partition coefficient (Wildman–Crippen LogP) is 4.74. The fraction of sp³-hybridized carbons (Fsp3) is 0.115. The Balaban J connectivity index is 1.59. The molecule has 36 heavy (non-hydrogen) atoms. The standard InChI is InChI=1S/C26H20ClFN2O6/c1-34-17-9-7-16(8-10-17)30-25(32)18(24(31)29-26(30)33)12-15-6-11-22(23(13-15)35-2)36-14-19-20(27)4-3-5-21(19)28/h3-13H,14H2,1-2H3,(H,29,31,33)/b18-12-. The van der Waals surface area contributed by atoms with Gasteiger partial charge in [0.15, 0.2) is 11.5 Å². The average molecular weight is 511 g/mol. The van der Waals surface area contributed by atoms with Crippen LogP contribution in [-0.4, -0.2) is 32.1 Å². The number of carbonyl (C=O) groups is 3. The molecule has 1 fully saturated rings. The minimum atomic E-state index is -0.861. The van der Waals surface area contributed by atoms with Crippen molar-refractivity contribution in [3.8, 4) is 17.2 Å². The molecule has 0 aliphatic carbocycles. The first-order chi connectivity index (χ1) is 17.3. The molecular formula is C26H20ClFN2O6. The van der Waals surface area contributed by atoms with Gasteiger partial charge in [-0.15, -0.1) is 0 Å². The maximum atomic E-state index is 14.0. The van der Waals surface area contributed by atoms with Gasteiger partial charge in [0.05, 0.1) is 24.9 Å². The molecule has 3 aromatic carbocycles. The van der Waals surface area contributed by atoms with E-state index in [1.54, 1.807) is 36.4 Å². The van der Waals surface area contributed by atoms with E-state index < -0.39 is 23.7 Å². The van der Waals surface area contributed by atoms with Crippen molar-refractivity contribution in [1.29, 1.82) is 0 Å². The molecule has 1 saturated heterocycles. The van der Waals surface area contributed by atoms with Gasteiger partial charge < -0.3 is 14.2 Å². The van der Waals surface area contributed by atoms with Crippen LogP contribution >= 0.6 is 11.6 Å². The molecule has 1 N–H and O–H groups in total. The topological polar surface area (TPSA) is 94.2 Å². The molecule has 0 bridgehead atoms. The Morgan fingerprint density at radius 3 is 2.39 bits per heavy atom. The third-order valence-electron chi connectivity index (χ3n) is 5.36. The minimum Gasteiger partial charge on any atom is -0.497 e. The largest absolute Gasteiger partial charge is 0.497 e. The lowest BCUT2D eigenvalue weighted by Crippen LogP contribution is -2.54. The highest BCUT2D eigenvalue weighted by Crippen LogP contribution is 2.32. The maximum Gasteiger partial charge on any atom is 0.335 e. The Morgan fingerprint density at radius 2 is 1.72 bits per heavy atom. The van der Waals surface area contributed by atoms with E-state index in [-0.39, 0.29) is 34.2 Å². The first-order valence-corrected chi connectivity index (χ1v) is 11.0. The lowest BCUT2D eigenvalue weighted by molar-refractivity contribution is -0.122. The fourth-order valence-electron chi connectivity index (χ4n) is 3.50. The van der Waals surface area contributed by atoms with Gasteiger partial charge >= 0.3 is 6.03 Å². The molecule has 0 saturated carbocycles. The summed E-state index contributed by atoms with van der Waals surface area (Å²) in [6.45, 7) is -0.137. The summed E-state index contributed by atoms with van der Waals surface area (Å²) in [4.78, 5) is 38.8. The average Bonchev–Trinajstić information content (AvgIpc) is 2.87. The molecule has 1 aliphatic rings. The molecule has 0 spiro atoms. The van der Waals surface area contributed by atoms with Crippen LogP contribution < -0.4 is 24.4 Å². The number of benzene rings is 3. The fourth-order valence-corrected chi connectivity index (χ4v) is 3.72. The third-order valence-corrected chi connectivity index (χ3v) is 5.72. The lowest BCUT2D eigenvalue weighted by Gasteiger charge is -2.26. The van der Waals surface area contributed by atoms with E-state index >= 15 is 0 Å². The van der Waals surface area contributed by atoms with E-state index in [0.29, 0.717) is 17.1 Å². The molecule has 0 aromatic heterocycles. The second-order valence-electron chi connectivity index (χ2n) is 7.56. The van der Waals surface area contributed by atoms with Crippen molar-refractivity contribution in [3.63, 3.8) is 0 Å². The first kappa shape index (κ1) is 24.7. The molecule has 184 valence electrons. The molecule has 10 heteroatoms. The van der Waals surface area contributed by atoms with Crippen molar-refractivity contribution in [2.45, 2.75) is 6.61 Å². The Kier molecular flexibility index (Phi) is 7.21. The predicted molar refractivity (Wildman–Crippen MR) is 131 cm³/mol. The number of imide groups is 2. The summed E-state index contributed by atoms with van der Waals surface area (Å²) < 4.78 is 30.2. The number of amides is 4. The van der Waals surface area contributed by atoms with Crippen molar-refractivity contribution in [2.75, 3.05) is 19.1 Å². The zero-order chi connectivity index (χ0) is 25.8. The van der Waals surface area contributed by atoms with Crippen LogP contribution in [0.25, 0.3) is 6.08 Å². The van der Waals surface area contributed by atoms with Crippen molar-refractivity contribution in [1.82, 2.24) is 5.32 Å². The van der Waals surface area contributed by atoms with Gasteiger partial charge in [-0.2, -0.15) is 0 Å². The second-order valence-corrected chi connectivity index (χ2v) is 7.96. The molecule has 8 nitrogen and oxygen atoms in total. The van der Waals surface area contributed by atoms with Crippen LogP contribution in [0.4, 0.5) is 14.9 Å². The number of halogens is 2. The Labute approximate surface area is 210 Å². The minimum absolute atomic E-state index is 0.137. The molecule has 1 aliphatic heterocycles. The van der Waals surface area contributed by atoms with E-state index in [0.717, 1.165) is 4.90 Å². The van der Waals surface area contributed by atoms with Crippen LogP contribution in [-0.2, 0) is 16.2 Å². The summed E-state index contributed by atoms with van der Waals surface area (Å²) in [5.74, 6) is -0.995. The Bertz CT molecular complexity index is 1350. The van der Waals surface area contributed by atoms with E-state index in [1.165, 1.54) is 44.6 Å². The number of ether oxygens (including phenoxy) is 3. The number of hydrogen-bond donors (Lipinski definition) is 1. The van der Waals surface area contributed by atoms with Gasteiger partial charge in [0.2, 0.25) is 0 Å². The van der Waals surface area contributed by atoms with Gasteiger partial charge in [-0.3, -0.25) is 14.9 Å². The smallest absolute Gasteiger partial charge is 0.335 e. The van der Waals surface area contributed by atoms with Gasteiger partial charge in [0.25, 0.3) is 11.8 Å². The molecule has 0 radical (unpaired) electrons. The number of nitrogens with one attached hydrogen (secondary N) is 1. The van der Waals surface area contributed by atoms with Crippen LogP contribution in [0.2, 0.25) is 5.02 Å². The number of barbiturate groups is 1. The molecule has 4 rings (SSSR count). The van der Waals surface area contributed by atoms with Crippen LogP contribution in [0.15, 0.2) is 66.2 Å². The highest BCUT2D eigenvalue weighted by Gasteiger charge is 2.36. The van der Waals surface area contributed by atoms with Crippen LogP contribution in [0.1, 0.15) is 11.1 Å². The summed E-state index contributed by atoms with van der Waals surface area (Å²) in [7, 11) is 2.91. The zero-order valence-corrected chi connectivity index (χ0v) is 20.0. The van der Waals surface area contributed by atoms with E-state index in [1.807, 2.05) is 0 Å². The zero-order valence-electron chi connectivity index (χ0n) is 19.2. The maximum absolute atomic E-state index is 14.0. The number of rotatable bonds is 7. The molecule has 0 atom stereocenters. The van der Waals surface area contributed by atoms with Crippen molar-refractivity contribution in [2.24, 2.45) is 0 Å². The monoisotopic (exact) mass is 510 g/mol. The van der Waals surface area contributed by atoms with Crippen LogP contribution in [0.5, 0.6) is 17.2 Å². The van der Waals surface area contributed by atoms with Gasteiger partial charge in [-0.25, -0.2) is 14.1 Å². The first-order valence-electron chi connectivity index (χ1n) is 10.6. The number of anilines is 1. The normalized spacial score (nSPS) is 14.6. The van der Waals surface area contributed by atoms with Gasteiger partial charge in [0, 0.05) is 5.56 Å². The van der Waals surface area contributed by atoms with Gasteiger partial charge in [-0.1, -0.05) is 23.7 Å². The van der Waals surface area contributed by atoms with Crippen molar-refractivity contribution >= 4 is 41.2 Å². The Hall–Kier alpha value is -4.37. The summed E-state index contributed by atoms with van der Waals surface area (Å²) in [6.07, 6.45) is 1.33. The highest BCUT2D eigenvalue weighted by atomic mass is 35.5. The summed E-state index contributed by atoms with van der Waals surface area (Å²) in [6, 6.07) is 14.4. The van der Waals surface area contributed by atoms with E-state index in [9.17, 15) is 18.8 Å². The number of methoxy groups -OCH3 is 2. The second kappa shape index (κ2) is 10.5. The van der Waals surface area contributed by atoms with E-state index in [4.69, 9.17) is 25.8 Å². The SMILES string of the molecule is COc1ccc(N2C(=O)NC(=O)/C(=C/c3ccc(OCc4c(F)cccc4Cl)c(OC)c3)C2=O)cc1. The summed E-state index contributed by atoms with van der Waals surface area (Å²) in [5, 5.41) is 2.40. The van der Waals surface area contributed by atoms with Crippen molar-refractivity contribution in [3.05, 3.63) is 88.2 Å². The van der Waals surface area contributed by atoms with Crippen LogP contribution in [0, 0.1) is 5.82 Å². The third kappa shape index (κ3) is 5.01. The molecule has 0 unspecified atom stereocenters. The van der Waals surface area contributed by atoms with Gasteiger partial charge in [0.1, 0.15) is 23.7 Å². The quantitative estimate of drug-likeness (QED) is 0.364. The molecule has 4 amide bonds. The highest BCUT2D eigenvalue weighted by molar-refractivity contribution is 6.39. The number of hydrogen-bond acceptors (Lipinski definition) is 6. The Morgan fingerprint density at radius 1 is 0.972 bits per heavy atom. The van der Waals surface area contributed by atoms with Gasteiger partial charge in [-0.05, 0) is 60.2 Å². The number of urea groups is 1.